The Morgan fingerprint density at radius 2 is 2.12 bits per heavy atom. The third-order valence-electron chi connectivity index (χ3n) is 4.44. The van der Waals surface area contributed by atoms with Crippen LogP contribution in [0.2, 0.25) is 0 Å². The highest BCUT2D eigenvalue weighted by Gasteiger charge is 2.30. The Kier molecular flexibility index (Phi) is 7.32. The molecule has 2 unspecified atom stereocenters. The molecule has 0 bridgehead atoms. The number of nitrogens with one attached hydrogen (secondary N) is 1. The quantitative estimate of drug-likeness (QED) is 0.768. The Bertz CT molecular complexity index is 627. The van der Waals surface area contributed by atoms with E-state index in [-0.39, 0.29) is 35.6 Å². The Hall–Kier alpha value is -2.22. The lowest BCUT2D eigenvalue weighted by Gasteiger charge is -2.32. The molecule has 0 saturated carbocycles. The number of carbonyl (C=O) groups is 2. The number of alkyl halides is 2. The monoisotopic (exact) mass is 369 g/mol. The van der Waals surface area contributed by atoms with E-state index >= 15 is 0 Å². The zero-order chi connectivity index (χ0) is 19.1. The van der Waals surface area contributed by atoms with Crippen LogP contribution in [0.5, 0.6) is 5.75 Å². The first-order chi connectivity index (χ1) is 12.4. The SMILES string of the molecule is CC(CN)CNC(=O)C1CCCN(C(=O)c2ccccc2OC(F)F)C1. The summed E-state index contributed by atoms with van der Waals surface area (Å²) in [6.07, 6.45) is 1.36. The van der Waals surface area contributed by atoms with Gasteiger partial charge < -0.3 is 20.7 Å². The van der Waals surface area contributed by atoms with Crippen LogP contribution in [-0.4, -0.2) is 49.5 Å². The van der Waals surface area contributed by atoms with Crippen LogP contribution < -0.4 is 15.8 Å². The number of para-hydroxylation sites is 1. The fourth-order valence-corrected chi connectivity index (χ4v) is 2.89. The number of nitrogens with zero attached hydrogens (tertiary/aromatic N) is 1. The Morgan fingerprint density at radius 1 is 1.38 bits per heavy atom. The van der Waals surface area contributed by atoms with Gasteiger partial charge in [0.05, 0.1) is 11.5 Å². The molecule has 1 aliphatic heterocycles. The molecule has 2 amide bonds. The first kappa shape index (κ1) is 20.1. The molecule has 26 heavy (non-hydrogen) atoms. The lowest BCUT2D eigenvalue weighted by molar-refractivity contribution is -0.126. The molecule has 6 nitrogen and oxygen atoms in total. The molecular weight excluding hydrogens is 344 g/mol. The molecule has 0 aliphatic carbocycles. The first-order valence-corrected chi connectivity index (χ1v) is 8.73. The van der Waals surface area contributed by atoms with Gasteiger partial charge in [-0.1, -0.05) is 19.1 Å². The van der Waals surface area contributed by atoms with Gasteiger partial charge in [-0.3, -0.25) is 9.59 Å². The number of piperidine rings is 1. The second-order valence-electron chi connectivity index (χ2n) is 6.55. The van der Waals surface area contributed by atoms with Crippen molar-refractivity contribution in [2.75, 3.05) is 26.2 Å². The minimum Gasteiger partial charge on any atom is -0.434 e. The molecule has 0 aromatic heterocycles. The van der Waals surface area contributed by atoms with Gasteiger partial charge in [-0.25, -0.2) is 0 Å². The summed E-state index contributed by atoms with van der Waals surface area (Å²) in [6.45, 7) is 0.640. The number of rotatable bonds is 7. The summed E-state index contributed by atoms with van der Waals surface area (Å²) in [7, 11) is 0. The third kappa shape index (κ3) is 5.39. The Balaban J connectivity index is 2.03. The topological polar surface area (TPSA) is 84.7 Å². The van der Waals surface area contributed by atoms with E-state index in [1.165, 1.54) is 23.1 Å². The van der Waals surface area contributed by atoms with Crippen molar-refractivity contribution in [3.05, 3.63) is 29.8 Å². The van der Waals surface area contributed by atoms with Crippen molar-refractivity contribution < 1.29 is 23.1 Å². The van der Waals surface area contributed by atoms with Gasteiger partial charge in [0.25, 0.3) is 5.91 Å². The van der Waals surface area contributed by atoms with Crippen molar-refractivity contribution in [2.45, 2.75) is 26.4 Å². The number of benzene rings is 1. The summed E-state index contributed by atoms with van der Waals surface area (Å²) < 4.78 is 29.5. The van der Waals surface area contributed by atoms with Gasteiger partial charge in [0.2, 0.25) is 5.91 Å². The molecular formula is C18H25F2N3O3. The summed E-state index contributed by atoms with van der Waals surface area (Å²) >= 11 is 0. The second-order valence-corrected chi connectivity index (χ2v) is 6.55. The van der Waals surface area contributed by atoms with E-state index < -0.39 is 12.5 Å². The van der Waals surface area contributed by atoms with Crippen LogP contribution in [0.3, 0.4) is 0 Å². The van der Waals surface area contributed by atoms with Crippen LogP contribution in [0.15, 0.2) is 24.3 Å². The van der Waals surface area contributed by atoms with Crippen LogP contribution in [0.4, 0.5) is 8.78 Å². The van der Waals surface area contributed by atoms with Gasteiger partial charge in [0.15, 0.2) is 0 Å². The van der Waals surface area contributed by atoms with Gasteiger partial charge in [-0.05, 0) is 37.4 Å². The van der Waals surface area contributed by atoms with Crippen molar-refractivity contribution >= 4 is 11.8 Å². The van der Waals surface area contributed by atoms with E-state index in [1.54, 1.807) is 6.07 Å². The van der Waals surface area contributed by atoms with Crippen LogP contribution in [0.1, 0.15) is 30.1 Å². The fourth-order valence-electron chi connectivity index (χ4n) is 2.89. The maximum atomic E-state index is 12.7. The molecule has 144 valence electrons. The van der Waals surface area contributed by atoms with E-state index in [1.807, 2.05) is 6.92 Å². The number of nitrogens with two attached hydrogens (primary N) is 1. The lowest BCUT2D eigenvalue weighted by atomic mass is 9.96. The lowest BCUT2D eigenvalue weighted by Crippen LogP contribution is -2.46. The van der Waals surface area contributed by atoms with Crippen molar-refractivity contribution in [1.82, 2.24) is 10.2 Å². The number of likely N-dealkylation sites (tertiary alicyclic amines) is 1. The van der Waals surface area contributed by atoms with Gasteiger partial charge in [0.1, 0.15) is 5.75 Å². The molecule has 0 radical (unpaired) electrons. The van der Waals surface area contributed by atoms with E-state index in [2.05, 4.69) is 10.1 Å². The highest BCUT2D eigenvalue weighted by Crippen LogP contribution is 2.25. The van der Waals surface area contributed by atoms with E-state index in [9.17, 15) is 18.4 Å². The van der Waals surface area contributed by atoms with Crippen LogP contribution in [0.25, 0.3) is 0 Å². The molecule has 1 aliphatic rings. The molecule has 1 heterocycles. The van der Waals surface area contributed by atoms with Gasteiger partial charge in [-0.2, -0.15) is 8.78 Å². The summed E-state index contributed by atoms with van der Waals surface area (Å²) in [4.78, 5) is 26.6. The van der Waals surface area contributed by atoms with Crippen LogP contribution >= 0.6 is 0 Å². The van der Waals surface area contributed by atoms with Crippen LogP contribution in [-0.2, 0) is 4.79 Å². The summed E-state index contributed by atoms with van der Waals surface area (Å²) in [5.74, 6) is -0.815. The van der Waals surface area contributed by atoms with E-state index in [0.29, 0.717) is 32.5 Å². The third-order valence-corrected chi connectivity index (χ3v) is 4.44. The molecule has 1 aromatic rings. The average molecular weight is 369 g/mol. The number of ether oxygens (including phenoxy) is 1. The maximum absolute atomic E-state index is 12.7. The largest absolute Gasteiger partial charge is 0.434 e. The molecule has 1 aromatic carbocycles. The zero-order valence-electron chi connectivity index (χ0n) is 14.8. The number of hydrogen-bond acceptors (Lipinski definition) is 4. The molecule has 3 N–H and O–H groups in total. The highest BCUT2D eigenvalue weighted by atomic mass is 19.3. The summed E-state index contributed by atoms with van der Waals surface area (Å²) in [5.41, 5.74) is 5.62. The summed E-state index contributed by atoms with van der Waals surface area (Å²) in [5, 5.41) is 2.86. The Morgan fingerprint density at radius 3 is 2.81 bits per heavy atom. The predicted octanol–water partition coefficient (Wildman–Crippen LogP) is 1.85. The summed E-state index contributed by atoms with van der Waals surface area (Å²) in [6, 6.07) is 5.90. The van der Waals surface area contributed by atoms with Gasteiger partial charge >= 0.3 is 6.61 Å². The molecule has 0 spiro atoms. The molecule has 8 heteroatoms. The smallest absolute Gasteiger partial charge is 0.387 e. The first-order valence-electron chi connectivity index (χ1n) is 8.73. The normalized spacial score (nSPS) is 18.5. The minimum atomic E-state index is -3.01. The number of amides is 2. The highest BCUT2D eigenvalue weighted by molar-refractivity contribution is 5.97. The molecule has 2 rings (SSSR count). The van der Waals surface area contributed by atoms with Crippen molar-refractivity contribution in [1.29, 1.82) is 0 Å². The zero-order valence-corrected chi connectivity index (χ0v) is 14.8. The minimum absolute atomic E-state index is 0.0746. The number of hydrogen-bond donors (Lipinski definition) is 2. The van der Waals surface area contributed by atoms with Crippen LogP contribution in [0, 0.1) is 11.8 Å². The van der Waals surface area contributed by atoms with Gasteiger partial charge in [-0.15, -0.1) is 0 Å². The number of carbonyl (C=O) groups excluding carboxylic acids is 2. The maximum Gasteiger partial charge on any atom is 0.387 e. The molecule has 1 fully saturated rings. The van der Waals surface area contributed by atoms with E-state index in [0.717, 1.165) is 0 Å². The average Bonchev–Trinajstić information content (AvgIpc) is 2.65. The standard InChI is InChI=1S/C18H25F2N3O3/c1-12(9-21)10-22-16(24)13-5-4-8-23(11-13)17(25)14-6-2-3-7-15(14)26-18(19)20/h2-3,6-7,12-13,18H,4-5,8-11,21H2,1H3,(H,22,24). The number of halogens is 2. The van der Waals surface area contributed by atoms with E-state index in [4.69, 9.17) is 5.73 Å². The molecule has 1 saturated heterocycles. The van der Waals surface area contributed by atoms with Gasteiger partial charge in [0, 0.05) is 19.6 Å². The van der Waals surface area contributed by atoms with Crippen molar-refractivity contribution in [3.63, 3.8) is 0 Å². The molecule has 2 atom stereocenters. The van der Waals surface area contributed by atoms with Crippen molar-refractivity contribution in [2.24, 2.45) is 17.6 Å². The predicted molar refractivity (Wildman–Crippen MR) is 92.9 cm³/mol. The second kappa shape index (κ2) is 9.47. The fraction of sp³-hybridized carbons (Fsp3) is 0.556. The Labute approximate surface area is 151 Å². The van der Waals surface area contributed by atoms with Crippen molar-refractivity contribution in [3.8, 4) is 5.75 Å².